The third kappa shape index (κ3) is 4.31. The maximum Gasteiger partial charge on any atom is 0.273 e. The minimum Gasteiger partial charge on any atom is -0.377 e. The molecule has 6 heteroatoms. The molecule has 1 N–H and O–H groups in total. The van der Waals surface area contributed by atoms with Crippen LogP contribution in [0.5, 0.6) is 0 Å². The summed E-state index contributed by atoms with van der Waals surface area (Å²) in [6.45, 7) is 2.20. The van der Waals surface area contributed by atoms with Gasteiger partial charge >= 0.3 is 0 Å². The van der Waals surface area contributed by atoms with Crippen LogP contribution in [-0.2, 0) is 17.8 Å². The van der Waals surface area contributed by atoms with Crippen molar-refractivity contribution in [3.8, 4) is 0 Å². The largest absolute Gasteiger partial charge is 0.377 e. The molecule has 1 aromatic carbocycles. The molecule has 5 nitrogen and oxygen atoms in total. The molecule has 1 atom stereocenters. The third-order valence-electron chi connectivity index (χ3n) is 2.94. The monoisotopic (exact) mass is 308 g/mol. The van der Waals surface area contributed by atoms with E-state index in [0.29, 0.717) is 17.2 Å². The van der Waals surface area contributed by atoms with Crippen molar-refractivity contribution in [1.82, 2.24) is 10.5 Å². The van der Waals surface area contributed by atoms with Crippen LogP contribution in [0.3, 0.4) is 0 Å². The standard InChI is InChI=1S/C15H17ClN2O3/c1-10(7-11-5-3-4-6-13(11)16)17-15(19)14-8-12(9-20-2)21-18-14/h3-6,8,10H,7,9H2,1-2H3,(H,17,19). The molecule has 0 saturated carbocycles. The highest BCUT2D eigenvalue weighted by Gasteiger charge is 2.15. The highest BCUT2D eigenvalue weighted by molar-refractivity contribution is 6.31. The molecule has 0 aliphatic rings. The summed E-state index contributed by atoms with van der Waals surface area (Å²) in [6, 6.07) is 9.07. The second-order valence-electron chi connectivity index (χ2n) is 4.78. The van der Waals surface area contributed by atoms with Gasteiger partial charge < -0.3 is 14.6 Å². The number of halogens is 1. The fraction of sp³-hybridized carbons (Fsp3) is 0.333. The molecule has 2 aromatic rings. The van der Waals surface area contributed by atoms with Crippen molar-refractivity contribution in [2.75, 3.05) is 7.11 Å². The van der Waals surface area contributed by atoms with Gasteiger partial charge in [0.2, 0.25) is 0 Å². The summed E-state index contributed by atoms with van der Waals surface area (Å²) >= 11 is 6.11. The highest BCUT2D eigenvalue weighted by atomic mass is 35.5. The van der Waals surface area contributed by atoms with E-state index in [2.05, 4.69) is 10.5 Å². The molecule has 0 fully saturated rings. The average molecular weight is 309 g/mol. The minimum atomic E-state index is -0.277. The molecule has 1 unspecified atom stereocenters. The topological polar surface area (TPSA) is 64.4 Å². The van der Waals surface area contributed by atoms with Crippen molar-refractivity contribution in [2.24, 2.45) is 0 Å². The summed E-state index contributed by atoms with van der Waals surface area (Å²) in [5.74, 6) is 0.238. The molecule has 2 rings (SSSR count). The average Bonchev–Trinajstić information content (AvgIpc) is 2.90. The molecule has 0 radical (unpaired) electrons. The number of benzene rings is 1. The number of nitrogens with one attached hydrogen (secondary N) is 1. The Labute approximate surface area is 128 Å². The van der Waals surface area contributed by atoms with Crippen molar-refractivity contribution in [3.63, 3.8) is 0 Å². The summed E-state index contributed by atoms with van der Waals surface area (Å²) in [6.07, 6.45) is 0.647. The lowest BCUT2D eigenvalue weighted by molar-refractivity contribution is 0.0930. The molecule has 0 aliphatic heterocycles. The zero-order valence-electron chi connectivity index (χ0n) is 11.9. The van der Waals surface area contributed by atoms with E-state index in [9.17, 15) is 4.79 Å². The van der Waals surface area contributed by atoms with Gasteiger partial charge in [-0.25, -0.2) is 0 Å². The number of hydrogen-bond acceptors (Lipinski definition) is 4. The Morgan fingerprint density at radius 3 is 2.95 bits per heavy atom. The first kappa shape index (κ1) is 15.5. The molecular formula is C15H17ClN2O3. The van der Waals surface area contributed by atoms with Crippen LogP contribution in [0, 0.1) is 0 Å². The van der Waals surface area contributed by atoms with Gasteiger partial charge in [0.1, 0.15) is 6.61 Å². The van der Waals surface area contributed by atoms with Crippen LogP contribution >= 0.6 is 11.6 Å². The van der Waals surface area contributed by atoms with Crippen LogP contribution in [0.1, 0.15) is 28.7 Å². The van der Waals surface area contributed by atoms with Crippen molar-refractivity contribution in [3.05, 3.63) is 52.4 Å². The Hall–Kier alpha value is -1.85. The molecule has 1 amide bonds. The minimum absolute atomic E-state index is 0.0695. The number of methoxy groups -OCH3 is 1. The van der Waals surface area contributed by atoms with Gasteiger partial charge in [0, 0.05) is 24.2 Å². The molecule has 0 spiro atoms. The first-order valence-corrected chi connectivity index (χ1v) is 6.96. The predicted octanol–water partition coefficient (Wildman–Crippen LogP) is 2.84. The maximum atomic E-state index is 12.0. The second kappa shape index (κ2) is 7.24. The summed E-state index contributed by atoms with van der Waals surface area (Å²) in [5, 5.41) is 7.28. The number of hydrogen-bond donors (Lipinski definition) is 1. The summed E-state index contributed by atoms with van der Waals surface area (Å²) < 4.78 is 9.90. The first-order valence-electron chi connectivity index (χ1n) is 6.59. The molecule has 0 saturated heterocycles. The van der Waals surface area contributed by atoms with E-state index < -0.39 is 0 Å². The van der Waals surface area contributed by atoms with E-state index in [-0.39, 0.29) is 24.2 Å². The SMILES string of the molecule is COCc1cc(C(=O)NC(C)Cc2ccccc2Cl)no1. The lowest BCUT2D eigenvalue weighted by Gasteiger charge is -2.13. The van der Waals surface area contributed by atoms with E-state index in [1.807, 2.05) is 31.2 Å². The normalized spacial score (nSPS) is 12.1. The zero-order valence-corrected chi connectivity index (χ0v) is 12.7. The summed E-state index contributed by atoms with van der Waals surface area (Å²) in [5.41, 5.74) is 1.24. The Morgan fingerprint density at radius 1 is 1.48 bits per heavy atom. The predicted molar refractivity (Wildman–Crippen MR) is 79.3 cm³/mol. The third-order valence-corrected chi connectivity index (χ3v) is 3.31. The van der Waals surface area contributed by atoms with E-state index >= 15 is 0 Å². The lowest BCUT2D eigenvalue weighted by atomic mass is 10.1. The van der Waals surface area contributed by atoms with Crippen molar-refractivity contribution >= 4 is 17.5 Å². The fourth-order valence-corrected chi connectivity index (χ4v) is 2.19. The van der Waals surface area contributed by atoms with Crippen LogP contribution < -0.4 is 5.32 Å². The number of amides is 1. The maximum absolute atomic E-state index is 12.0. The fourth-order valence-electron chi connectivity index (χ4n) is 1.97. The van der Waals surface area contributed by atoms with Crippen LogP contribution in [-0.4, -0.2) is 24.2 Å². The summed E-state index contributed by atoms with van der Waals surface area (Å²) in [7, 11) is 1.55. The van der Waals surface area contributed by atoms with Gasteiger partial charge in [-0.2, -0.15) is 0 Å². The first-order chi connectivity index (χ1) is 10.1. The molecule has 0 bridgehead atoms. The van der Waals surface area contributed by atoms with Crippen molar-refractivity contribution in [2.45, 2.75) is 26.0 Å². The number of carbonyl (C=O) groups is 1. The molecule has 112 valence electrons. The van der Waals surface area contributed by atoms with Gasteiger partial charge in [0.15, 0.2) is 11.5 Å². The van der Waals surface area contributed by atoms with Crippen molar-refractivity contribution in [1.29, 1.82) is 0 Å². The Bertz CT molecular complexity index is 612. The van der Waals surface area contributed by atoms with Gasteiger partial charge in [-0.1, -0.05) is 35.0 Å². The van der Waals surface area contributed by atoms with Gasteiger partial charge in [-0.05, 0) is 25.0 Å². The molecule has 0 aliphatic carbocycles. The van der Waals surface area contributed by atoms with Crippen LogP contribution in [0.15, 0.2) is 34.9 Å². The quantitative estimate of drug-likeness (QED) is 0.891. The Morgan fingerprint density at radius 2 is 2.24 bits per heavy atom. The molecular weight excluding hydrogens is 292 g/mol. The number of rotatable bonds is 6. The number of nitrogens with zero attached hydrogens (tertiary/aromatic N) is 1. The van der Waals surface area contributed by atoms with E-state index in [0.717, 1.165) is 5.56 Å². The number of carbonyl (C=O) groups excluding carboxylic acids is 1. The highest BCUT2D eigenvalue weighted by Crippen LogP contribution is 2.16. The Balaban J connectivity index is 1.94. The van der Waals surface area contributed by atoms with Crippen molar-refractivity contribution < 1.29 is 14.1 Å². The smallest absolute Gasteiger partial charge is 0.273 e. The van der Waals surface area contributed by atoms with Crippen LogP contribution in [0.25, 0.3) is 0 Å². The van der Waals surface area contributed by atoms with E-state index in [1.54, 1.807) is 13.2 Å². The lowest BCUT2D eigenvalue weighted by Crippen LogP contribution is -2.34. The van der Waals surface area contributed by atoms with Gasteiger partial charge in [-0.15, -0.1) is 0 Å². The number of ether oxygens (including phenoxy) is 1. The molecule has 1 aromatic heterocycles. The van der Waals surface area contributed by atoms with Crippen LogP contribution in [0.4, 0.5) is 0 Å². The molecule has 1 heterocycles. The van der Waals surface area contributed by atoms with E-state index in [4.69, 9.17) is 20.9 Å². The van der Waals surface area contributed by atoms with Crippen LogP contribution in [0.2, 0.25) is 5.02 Å². The zero-order chi connectivity index (χ0) is 15.2. The van der Waals surface area contributed by atoms with E-state index in [1.165, 1.54) is 0 Å². The van der Waals surface area contributed by atoms with Gasteiger partial charge in [-0.3, -0.25) is 4.79 Å². The molecule has 21 heavy (non-hydrogen) atoms. The summed E-state index contributed by atoms with van der Waals surface area (Å²) in [4.78, 5) is 12.0. The van der Waals surface area contributed by atoms with Gasteiger partial charge in [0.05, 0.1) is 0 Å². The second-order valence-corrected chi connectivity index (χ2v) is 5.19. The Kier molecular flexibility index (Phi) is 5.36. The van der Waals surface area contributed by atoms with Gasteiger partial charge in [0.25, 0.3) is 5.91 Å². The number of aromatic nitrogens is 1.